The number of alkyl halides is 4. The molecule has 6 nitrogen and oxygen atoms in total. The maximum absolute atomic E-state index is 14.8. The SMILES string of the molecule is CC(C)(C)OC(=O)N1CCC(Nc2cc(I)cn3c(CC(F)(F)F)cnc23)C(F)C1. The van der Waals surface area contributed by atoms with Crippen LogP contribution in [0.1, 0.15) is 32.9 Å². The summed E-state index contributed by atoms with van der Waals surface area (Å²) in [7, 11) is 0. The van der Waals surface area contributed by atoms with Crippen LogP contribution in [0.5, 0.6) is 0 Å². The first-order valence-electron chi connectivity index (χ1n) is 9.43. The van der Waals surface area contributed by atoms with Crippen molar-refractivity contribution in [3.05, 3.63) is 27.7 Å². The van der Waals surface area contributed by atoms with Crippen molar-refractivity contribution in [3.8, 4) is 0 Å². The molecule has 1 amide bonds. The van der Waals surface area contributed by atoms with Gasteiger partial charge in [-0.25, -0.2) is 14.2 Å². The first-order chi connectivity index (χ1) is 13.8. The summed E-state index contributed by atoms with van der Waals surface area (Å²) >= 11 is 2.00. The third-order valence-electron chi connectivity index (χ3n) is 4.56. The number of hydrogen-bond donors (Lipinski definition) is 1. The highest BCUT2D eigenvalue weighted by atomic mass is 127. The van der Waals surface area contributed by atoms with Crippen molar-refractivity contribution in [2.45, 2.75) is 57.6 Å². The van der Waals surface area contributed by atoms with Crippen LogP contribution >= 0.6 is 22.6 Å². The van der Waals surface area contributed by atoms with E-state index in [2.05, 4.69) is 10.3 Å². The van der Waals surface area contributed by atoms with Crippen LogP contribution < -0.4 is 5.32 Å². The van der Waals surface area contributed by atoms with Gasteiger partial charge < -0.3 is 19.4 Å². The molecular formula is C19H23F4IN4O2. The molecule has 0 aliphatic carbocycles. The highest BCUT2D eigenvalue weighted by Gasteiger charge is 2.34. The number of nitrogens with zero attached hydrogens (tertiary/aromatic N) is 3. The number of likely N-dealkylation sites (tertiary alicyclic amines) is 1. The Balaban J connectivity index is 1.75. The molecule has 0 spiro atoms. The molecule has 2 aromatic heterocycles. The number of piperidine rings is 1. The minimum absolute atomic E-state index is 0.00982. The number of rotatable bonds is 3. The second-order valence-electron chi connectivity index (χ2n) is 8.29. The van der Waals surface area contributed by atoms with Crippen LogP contribution in [0.4, 0.5) is 28.0 Å². The number of carbonyl (C=O) groups excluding carboxylic acids is 1. The highest BCUT2D eigenvalue weighted by molar-refractivity contribution is 14.1. The lowest BCUT2D eigenvalue weighted by molar-refractivity contribution is -0.127. The molecule has 1 fully saturated rings. The van der Waals surface area contributed by atoms with Gasteiger partial charge in [-0.15, -0.1) is 0 Å². The van der Waals surface area contributed by atoms with Crippen molar-refractivity contribution in [3.63, 3.8) is 0 Å². The molecule has 1 saturated heterocycles. The Morgan fingerprint density at radius 1 is 1.37 bits per heavy atom. The average Bonchev–Trinajstić information content (AvgIpc) is 2.96. The number of imidazole rings is 1. The molecule has 0 bridgehead atoms. The van der Waals surface area contributed by atoms with E-state index in [-0.39, 0.29) is 12.2 Å². The number of nitrogens with one attached hydrogen (secondary N) is 1. The number of aromatic nitrogens is 2. The van der Waals surface area contributed by atoms with E-state index in [4.69, 9.17) is 4.74 Å². The highest BCUT2D eigenvalue weighted by Crippen LogP contribution is 2.28. The summed E-state index contributed by atoms with van der Waals surface area (Å²) in [5.74, 6) is 0. The molecule has 0 saturated carbocycles. The molecule has 1 aliphatic rings. The quantitative estimate of drug-likeness (QED) is 0.448. The van der Waals surface area contributed by atoms with Crippen molar-refractivity contribution < 1.29 is 27.1 Å². The Morgan fingerprint density at radius 3 is 2.67 bits per heavy atom. The van der Waals surface area contributed by atoms with Crippen LogP contribution in [-0.2, 0) is 11.2 Å². The maximum atomic E-state index is 14.8. The Kier molecular flexibility index (Phi) is 6.40. The van der Waals surface area contributed by atoms with Crippen LogP contribution in [0.15, 0.2) is 18.5 Å². The predicted molar refractivity (Wildman–Crippen MR) is 112 cm³/mol. The number of pyridine rings is 1. The standard InChI is InChI=1S/C19H23F4IN4O2/c1-18(2,3)30-17(29)27-5-4-14(13(20)10-27)26-15-6-11(24)9-28-12(7-19(21,22)23)8-25-16(15)28/h6,8-9,13-14,26H,4-5,7,10H2,1-3H3. The number of anilines is 1. The van der Waals surface area contributed by atoms with E-state index >= 15 is 0 Å². The molecular weight excluding hydrogens is 519 g/mol. The lowest BCUT2D eigenvalue weighted by Crippen LogP contribution is -2.51. The smallest absolute Gasteiger partial charge is 0.410 e. The second kappa shape index (κ2) is 8.39. The van der Waals surface area contributed by atoms with Crippen molar-refractivity contribution >= 4 is 40.0 Å². The Labute approximate surface area is 185 Å². The third kappa shape index (κ3) is 5.67. The van der Waals surface area contributed by atoms with Gasteiger partial charge in [0.15, 0.2) is 5.65 Å². The van der Waals surface area contributed by atoms with Crippen molar-refractivity contribution in [1.29, 1.82) is 0 Å². The summed E-state index contributed by atoms with van der Waals surface area (Å²) < 4.78 is 60.6. The zero-order valence-corrected chi connectivity index (χ0v) is 18.9. The van der Waals surface area contributed by atoms with Crippen LogP contribution in [0.2, 0.25) is 0 Å². The van der Waals surface area contributed by atoms with Gasteiger partial charge in [0, 0.05) is 22.5 Å². The molecule has 3 rings (SSSR count). The maximum Gasteiger partial charge on any atom is 0.410 e. The molecule has 2 unspecified atom stereocenters. The van der Waals surface area contributed by atoms with Crippen LogP contribution in [-0.4, -0.2) is 57.5 Å². The molecule has 30 heavy (non-hydrogen) atoms. The van der Waals surface area contributed by atoms with E-state index < -0.39 is 36.5 Å². The van der Waals surface area contributed by atoms with Crippen LogP contribution in [0.3, 0.4) is 0 Å². The second-order valence-corrected chi connectivity index (χ2v) is 9.53. The zero-order chi connectivity index (χ0) is 22.3. The number of amides is 1. The van der Waals surface area contributed by atoms with Gasteiger partial charge >= 0.3 is 12.3 Å². The topological polar surface area (TPSA) is 58.9 Å². The molecule has 11 heteroatoms. The lowest BCUT2D eigenvalue weighted by atomic mass is 10.0. The number of halogens is 5. The fraction of sp³-hybridized carbons (Fsp3) is 0.579. The van der Waals surface area contributed by atoms with E-state index in [0.717, 1.165) is 0 Å². The lowest BCUT2D eigenvalue weighted by Gasteiger charge is -2.36. The predicted octanol–water partition coefficient (Wildman–Crippen LogP) is 4.80. The van der Waals surface area contributed by atoms with Gasteiger partial charge in [-0.05, 0) is 55.8 Å². The molecule has 166 valence electrons. The summed E-state index contributed by atoms with van der Waals surface area (Å²) in [6.07, 6.45) is -4.32. The van der Waals surface area contributed by atoms with Gasteiger partial charge in [0.2, 0.25) is 0 Å². The Morgan fingerprint density at radius 2 is 2.07 bits per heavy atom. The number of ether oxygens (including phenoxy) is 1. The van der Waals surface area contributed by atoms with Gasteiger partial charge in [-0.2, -0.15) is 13.2 Å². The number of hydrogen-bond acceptors (Lipinski definition) is 4. The molecule has 2 aromatic rings. The van der Waals surface area contributed by atoms with Crippen molar-refractivity contribution in [1.82, 2.24) is 14.3 Å². The monoisotopic (exact) mass is 542 g/mol. The largest absolute Gasteiger partial charge is 0.444 e. The minimum Gasteiger partial charge on any atom is -0.444 e. The summed E-state index contributed by atoms with van der Waals surface area (Å²) in [5.41, 5.74) is 0.0970. The Hall–Kier alpha value is -1.79. The molecule has 3 heterocycles. The van der Waals surface area contributed by atoms with Gasteiger partial charge in [0.05, 0.1) is 30.4 Å². The summed E-state index contributed by atoms with van der Waals surface area (Å²) in [6.45, 7) is 5.41. The van der Waals surface area contributed by atoms with Crippen molar-refractivity contribution in [2.75, 3.05) is 18.4 Å². The fourth-order valence-electron chi connectivity index (χ4n) is 3.30. The fourth-order valence-corrected chi connectivity index (χ4v) is 3.89. The first-order valence-corrected chi connectivity index (χ1v) is 10.5. The van der Waals surface area contributed by atoms with E-state index in [1.54, 1.807) is 33.0 Å². The molecule has 1 aliphatic heterocycles. The van der Waals surface area contributed by atoms with Crippen LogP contribution in [0, 0.1) is 3.57 Å². The number of carbonyl (C=O) groups is 1. The van der Waals surface area contributed by atoms with Crippen molar-refractivity contribution in [2.24, 2.45) is 0 Å². The van der Waals surface area contributed by atoms with E-state index in [0.29, 0.717) is 27.9 Å². The summed E-state index contributed by atoms with van der Waals surface area (Å²) in [5, 5.41) is 3.08. The summed E-state index contributed by atoms with van der Waals surface area (Å²) in [6, 6.07) is 1.11. The van der Waals surface area contributed by atoms with E-state index in [9.17, 15) is 22.4 Å². The van der Waals surface area contributed by atoms with Gasteiger partial charge in [0.1, 0.15) is 11.8 Å². The van der Waals surface area contributed by atoms with Crippen LogP contribution in [0.25, 0.3) is 5.65 Å². The molecule has 0 radical (unpaired) electrons. The third-order valence-corrected chi connectivity index (χ3v) is 5.15. The molecule has 2 atom stereocenters. The molecule has 1 N–H and O–H groups in total. The van der Waals surface area contributed by atoms with E-state index in [1.807, 2.05) is 22.6 Å². The number of fused-ring (bicyclic) bond motifs is 1. The van der Waals surface area contributed by atoms with Gasteiger partial charge in [-0.3, -0.25) is 0 Å². The van der Waals surface area contributed by atoms with Gasteiger partial charge in [-0.1, -0.05) is 0 Å². The minimum atomic E-state index is -4.36. The first kappa shape index (κ1) is 22.9. The van der Waals surface area contributed by atoms with E-state index in [1.165, 1.54) is 15.5 Å². The normalized spacial score (nSPS) is 20.5. The molecule has 0 aromatic carbocycles. The van der Waals surface area contributed by atoms with Gasteiger partial charge in [0.25, 0.3) is 0 Å². The Bertz CT molecular complexity index is 926. The summed E-state index contributed by atoms with van der Waals surface area (Å²) in [4.78, 5) is 17.6. The zero-order valence-electron chi connectivity index (χ0n) is 16.8. The average molecular weight is 542 g/mol.